The van der Waals surface area contributed by atoms with E-state index in [9.17, 15) is 10.5 Å². The maximum absolute atomic E-state index is 10.8. The van der Waals surface area contributed by atoms with E-state index in [1.807, 2.05) is 72.8 Å². The summed E-state index contributed by atoms with van der Waals surface area (Å²) in [7, 11) is 0. The number of nitriles is 2. The van der Waals surface area contributed by atoms with Crippen molar-refractivity contribution in [2.45, 2.75) is 0 Å². The molecule has 12 aromatic rings. The maximum atomic E-state index is 10.8. The zero-order valence-electron chi connectivity index (χ0n) is 29.6. The normalized spacial score (nSPS) is 11.9. The standard InChI is InChI=1S/C50H26N4O2/c51-27-29-11-9-17-35(49(29)53-41-19-5-1-13-31(41)37-23-39-33-15-3-7-21-45(33)55-47(39)25-43(37)53)36-18-10-12-30(28-52)50(36)54-42-20-6-2-14-32(42)38-24-40-34-16-4-8-22-46(34)56-48(40)26-44(38)54/h1-26H. The van der Waals surface area contributed by atoms with E-state index in [0.717, 1.165) is 110 Å². The van der Waals surface area contributed by atoms with E-state index < -0.39 is 0 Å². The lowest BCUT2D eigenvalue weighted by molar-refractivity contribution is 0.669. The fourth-order valence-corrected chi connectivity index (χ4v) is 9.04. The minimum Gasteiger partial charge on any atom is -0.456 e. The molecule has 0 saturated carbocycles. The Balaban J connectivity index is 1.21. The number of aromatic nitrogens is 2. The molecule has 0 N–H and O–H groups in total. The molecule has 0 spiro atoms. The van der Waals surface area contributed by atoms with Gasteiger partial charge in [0, 0.05) is 66.3 Å². The average Bonchev–Trinajstić information content (AvgIpc) is 3.98. The Kier molecular flexibility index (Phi) is 6.10. The zero-order valence-corrected chi connectivity index (χ0v) is 29.6. The SMILES string of the molecule is N#Cc1cccc(-c2cccc(C#N)c2-n2c3ccccc3c3cc4c(cc32)oc2ccccc24)c1-n1c2ccccc2c2cc3c(cc21)oc1ccccc13. The molecule has 4 heterocycles. The van der Waals surface area contributed by atoms with Crippen LogP contribution < -0.4 is 0 Å². The Morgan fingerprint density at radius 3 is 1.20 bits per heavy atom. The summed E-state index contributed by atoms with van der Waals surface area (Å²) in [6.45, 7) is 0. The van der Waals surface area contributed by atoms with E-state index in [4.69, 9.17) is 8.83 Å². The highest BCUT2D eigenvalue weighted by Crippen LogP contribution is 2.45. The predicted molar refractivity (Wildman–Crippen MR) is 225 cm³/mol. The quantitative estimate of drug-likeness (QED) is 0.182. The molecule has 6 heteroatoms. The highest BCUT2D eigenvalue weighted by Gasteiger charge is 2.25. The molecule has 56 heavy (non-hydrogen) atoms. The molecule has 0 radical (unpaired) electrons. The van der Waals surface area contributed by atoms with Crippen LogP contribution in [0, 0.1) is 22.7 Å². The Bertz CT molecular complexity index is 3500. The summed E-state index contributed by atoms with van der Waals surface area (Å²) < 4.78 is 17.2. The molecule has 8 aromatic carbocycles. The second kappa shape index (κ2) is 11.2. The van der Waals surface area contributed by atoms with E-state index in [2.05, 4.69) is 106 Å². The molecule has 0 aliphatic heterocycles. The van der Waals surface area contributed by atoms with Gasteiger partial charge >= 0.3 is 0 Å². The molecule has 0 fully saturated rings. The van der Waals surface area contributed by atoms with E-state index in [1.165, 1.54) is 0 Å². The van der Waals surface area contributed by atoms with Crippen molar-refractivity contribution in [3.8, 4) is 34.6 Å². The van der Waals surface area contributed by atoms with Gasteiger partial charge in [0.2, 0.25) is 0 Å². The van der Waals surface area contributed by atoms with Crippen LogP contribution in [0.4, 0.5) is 0 Å². The minimum absolute atomic E-state index is 0.509. The molecule has 0 saturated heterocycles. The molecule has 4 aromatic heterocycles. The van der Waals surface area contributed by atoms with Gasteiger partial charge < -0.3 is 18.0 Å². The van der Waals surface area contributed by atoms with Gasteiger partial charge in [0.25, 0.3) is 0 Å². The first-order chi connectivity index (χ1) is 27.7. The fourth-order valence-electron chi connectivity index (χ4n) is 9.04. The summed E-state index contributed by atoms with van der Waals surface area (Å²) >= 11 is 0. The van der Waals surface area contributed by atoms with Crippen LogP contribution in [-0.2, 0) is 0 Å². The average molecular weight is 715 g/mol. The summed E-state index contributed by atoms with van der Waals surface area (Å²) in [6.07, 6.45) is 0. The third-order valence-electron chi connectivity index (χ3n) is 11.4. The maximum Gasteiger partial charge on any atom is 0.137 e. The number of hydrogen-bond donors (Lipinski definition) is 0. The van der Waals surface area contributed by atoms with Gasteiger partial charge in [-0.3, -0.25) is 0 Å². The van der Waals surface area contributed by atoms with Crippen LogP contribution in [0.3, 0.4) is 0 Å². The lowest BCUT2D eigenvalue weighted by atomic mass is 9.95. The van der Waals surface area contributed by atoms with Gasteiger partial charge in [-0.2, -0.15) is 10.5 Å². The minimum atomic E-state index is 0.509. The molecule has 0 unspecified atom stereocenters. The van der Waals surface area contributed by atoms with Gasteiger partial charge in [-0.1, -0.05) is 97.1 Å². The van der Waals surface area contributed by atoms with Gasteiger partial charge in [0.15, 0.2) is 0 Å². The number of hydrogen-bond acceptors (Lipinski definition) is 4. The third kappa shape index (κ3) is 4.02. The summed E-state index contributed by atoms with van der Waals surface area (Å²) in [6, 6.07) is 58.2. The van der Waals surface area contributed by atoms with E-state index in [0.29, 0.717) is 11.1 Å². The van der Waals surface area contributed by atoms with Crippen LogP contribution in [0.25, 0.3) is 110 Å². The molecule has 0 amide bonds. The van der Waals surface area contributed by atoms with Crippen LogP contribution >= 0.6 is 0 Å². The fraction of sp³-hybridized carbons (Fsp3) is 0. The number of nitrogens with zero attached hydrogens (tertiary/aromatic N) is 4. The largest absolute Gasteiger partial charge is 0.456 e. The Labute approximate surface area is 318 Å². The molecule has 0 atom stereocenters. The first-order valence-electron chi connectivity index (χ1n) is 18.5. The number of para-hydroxylation sites is 6. The van der Waals surface area contributed by atoms with Gasteiger partial charge in [-0.25, -0.2) is 0 Å². The van der Waals surface area contributed by atoms with Gasteiger partial charge in [0.1, 0.15) is 34.5 Å². The van der Waals surface area contributed by atoms with Crippen LogP contribution in [-0.4, -0.2) is 9.13 Å². The monoisotopic (exact) mass is 714 g/mol. The predicted octanol–water partition coefficient (Wildman–Crippen LogP) is 13.1. The number of furan rings is 2. The molecule has 0 aliphatic carbocycles. The van der Waals surface area contributed by atoms with Crippen molar-refractivity contribution in [2.75, 3.05) is 0 Å². The van der Waals surface area contributed by atoms with Crippen LogP contribution in [0.5, 0.6) is 0 Å². The smallest absolute Gasteiger partial charge is 0.137 e. The highest BCUT2D eigenvalue weighted by molar-refractivity contribution is 6.19. The summed E-state index contributed by atoms with van der Waals surface area (Å²) in [5.41, 5.74) is 11.1. The van der Waals surface area contributed by atoms with E-state index >= 15 is 0 Å². The van der Waals surface area contributed by atoms with Crippen molar-refractivity contribution in [1.29, 1.82) is 10.5 Å². The highest BCUT2D eigenvalue weighted by atomic mass is 16.3. The van der Waals surface area contributed by atoms with Crippen molar-refractivity contribution in [2.24, 2.45) is 0 Å². The van der Waals surface area contributed by atoms with E-state index in [1.54, 1.807) is 0 Å². The summed E-state index contributed by atoms with van der Waals surface area (Å²) in [5.74, 6) is 0. The number of benzene rings is 8. The summed E-state index contributed by atoms with van der Waals surface area (Å²) in [4.78, 5) is 0. The second-order valence-electron chi connectivity index (χ2n) is 14.3. The van der Waals surface area contributed by atoms with Crippen LogP contribution in [0.1, 0.15) is 11.1 Å². The van der Waals surface area contributed by atoms with E-state index in [-0.39, 0.29) is 0 Å². The second-order valence-corrected chi connectivity index (χ2v) is 14.3. The van der Waals surface area contributed by atoms with Crippen molar-refractivity contribution in [3.05, 3.63) is 169 Å². The molecule has 0 aliphatic rings. The Morgan fingerprint density at radius 1 is 0.339 bits per heavy atom. The third-order valence-corrected chi connectivity index (χ3v) is 11.4. The molecule has 6 nitrogen and oxygen atoms in total. The lowest BCUT2D eigenvalue weighted by Crippen LogP contribution is -2.05. The van der Waals surface area contributed by atoms with Crippen molar-refractivity contribution >= 4 is 87.5 Å². The van der Waals surface area contributed by atoms with Crippen molar-refractivity contribution in [1.82, 2.24) is 9.13 Å². The topological polar surface area (TPSA) is 83.7 Å². The molecule has 258 valence electrons. The van der Waals surface area contributed by atoms with Crippen molar-refractivity contribution in [3.63, 3.8) is 0 Å². The van der Waals surface area contributed by atoms with Gasteiger partial charge in [-0.15, -0.1) is 0 Å². The van der Waals surface area contributed by atoms with Gasteiger partial charge in [-0.05, 0) is 48.5 Å². The summed E-state index contributed by atoms with van der Waals surface area (Å²) in [5, 5.41) is 30.1. The molecule has 12 rings (SSSR count). The van der Waals surface area contributed by atoms with Gasteiger partial charge in [0.05, 0.1) is 44.6 Å². The van der Waals surface area contributed by atoms with Crippen LogP contribution in [0.2, 0.25) is 0 Å². The molecular formula is C50H26N4O2. The molecular weight excluding hydrogens is 689 g/mol. The Hall–Kier alpha value is -8.06. The first-order valence-corrected chi connectivity index (χ1v) is 18.5. The number of rotatable bonds is 3. The molecule has 0 bridgehead atoms. The Morgan fingerprint density at radius 2 is 0.750 bits per heavy atom. The lowest BCUT2D eigenvalue weighted by Gasteiger charge is -2.20. The van der Waals surface area contributed by atoms with Crippen molar-refractivity contribution < 1.29 is 8.83 Å². The number of fused-ring (bicyclic) bond motifs is 12. The van der Waals surface area contributed by atoms with Crippen LogP contribution in [0.15, 0.2) is 167 Å². The first kappa shape index (κ1) is 30.4. The zero-order chi connectivity index (χ0) is 37.1.